The molecule has 1 fully saturated rings. The molecule has 1 aliphatic heterocycles. The third-order valence-corrected chi connectivity index (χ3v) is 2.07. The number of carbonyl (C=O) groups excluding carboxylic acids is 1. The summed E-state index contributed by atoms with van der Waals surface area (Å²) in [6.45, 7) is 2.01. The van der Waals surface area contributed by atoms with Crippen molar-refractivity contribution in [3.8, 4) is 0 Å². The van der Waals surface area contributed by atoms with E-state index >= 15 is 0 Å². The summed E-state index contributed by atoms with van der Waals surface area (Å²) in [6.07, 6.45) is 4.89. The van der Waals surface area contributed by atoms with E-state index in [0.29, 0.717) is 0 Å². The first kappa shape index (κ1) is 9.48. The smallest absolute Gasteiger partial charge is 0.248 e. The van der Waals surface area contributed by atoms with Gasteiger partial charge >= 0.3 is 0 Å². The second-order valence-electron chi connectivity index (χ2n) is 3.14. The first-order valence-electron chi connectivity index (χ1n) is 4.57. The third-order valence-electron chi connectivity index (χ3n) is 2.07. The Morgan fingerprint density at radius 3 is 2.33 bits per heavy atom. The minimum absolute atomic E-state index is 0.0799. The van der Waals surface area contributed by atoms with Gasteiger partial charge in [-0.2, -0.15) is 0 Å². The minimum atomic E-state index is -0.0862. The second kappa shape index (κ2) is 5.11. The topological polar surface area (TPSA) is 58.4 Å². The van der Waals surface area contributed by atoms with Crippen LogP contribution in [0.3, 0.4) is 0 Å². The molecular weight excluding hydrogens is 154 g/mol. The van der Waals surface area contributed by atoms with Crippen molar-refractivity contribution < 1.29 is 4.79 Å². The standard InChI is InChI=1S/C8H17N3O/c9-7-8(12)10-11-5-3-1-2-4-6-11/h1-7,9H2,(H,10,12). The summed E-state index contributed by atoms with van der Waals surface area (Å²) in [5, 5.41) is 1.97. The molecule has 0 spiro atoms. The number of hydrogen-bond acceptors (Lipinski definition) is 3. The molecule has 3 N–H and O–H groups in total. The normalized spacial score (nSPS) is 20.1. The van der Waals surface area contributed by atoms with Crippen molar-refractivity contribution >= 4 is 5.91 Å². The van der Waals surface area contributed by atoms with Crippen LogP contribution in [0.15, 0.2) is 0 Å². The van der Waals surface area contributed by atoms with Crippen molar-refractivity contribution in [1.82, 2.24) is 10.4 Å². The van der Waals surface area contributed by atoms with Crippen LogP contribution >= 0.6 is 0 Å². The lowest BCUT2D eigenvalue weighted by molar-refractivity contribution is -0.124. The van der Waals surface area contributed by atoms with Crippen LogP contribution in [-0.4, -0.2) is 30.6 Å². The highest BCUT2D eigenvalue weighted by atomic mass is 16.2. The van der Waals surface area contributed by atoms with Crippen LogP contribution in [0.5, 0.6) is 0 Å². The molecule has 4 heteroatoms. The molecule has 0 atom stereocenters. The summed E-state index contributed by atoms with van der Waals surface area (Å²) in [5.41, 5.74) is 7.97. The molecular formula is C8H17N3O. The molecule has 0 aromatic heterocycles. The Morgan fingerprint density at radius 2 is 1.83 bits per heavy atom. The van der Waals surface area contributed by atoms with E-state index in [2.05, 4.69) is 5.43 Å². The summed E-state index contributed by atoms with van der Waals surface area (Å²) < 4.78 is 0. The summed E-state index contributed by atoms with van der Waals surface area (Å²) in [6, 6.07) is 0. The highest BCUT2D eigenvalue weighted by Gasteiger charge is 2.09. The summed E-state index contributed by atoms with van der Waals surface area (Å²) in [7, 11) is 0. The molecule has 0 radical (unpaired) electrons. The number of hydrazine groups is 1. The molecule has 4 nitrogen and oxygen atoms in total. The van der Waals surface area contributed by atoms with Crippen molar-refractivity contribution in [2.75, 3.05) is 19.6 Å². The monoisotopic (exact) mass is 171 g/mol. The van der Waals surface area contributed by atoms with E-state index in [1.54, 1.807) is 0 Å². The van der Waals surface area contributed by atoms with Crippen LogP contribution < -0.4 is 11.2 Å². The quantitative estimate of drug-likeness (QED) is 0.607. The number of nitrogens with two attached hydrogens (primary N) is 1. The van der Waals surface area contributed by atoms with Gasteiger partial charge in [0.25, 0.3) is 0 Å². The zero-order chi connectivity index (χ0) is 8.81. The van der Waals surface area contributed by atoms with E-state index in [1.807, 2.05) is 5.01 Å². The molecule has 70 valence electrons. The molecule has 0 aliphatic carbocycles. The number of hydrogen-bond donors (Lipinski definition) is 2. The number of nitrogens with one attached hydrogen (secondary N) is 1. The molecule has 1 heterocycles. The Hall–Kier alpha value is -0.610. The van der Waals surface area contributed by atoms with Gasteiger partial charge in [-0.1, -0.05) is 12.8 Å². The average Bonchev–Trinajstić information content (AvgIpc) is 2.33. The fourth-order valence-electron chi connectivity index (χ4n) is 1.40. The highest BCUT2D eigenvalue weighted by Crippen LogP contribution is 2.06. The first-order chi connectivity index (χ1) is 5.83. The predicted molar refractivity (Wildman–Crippen MR) is 47.2 cm³/mol. The van der Waals surface area contributed by atoms with Crippen molar-refractivity contribution in [1.29, 1.82) is 0 Å². The third kappa shape index (κ3) is 3.19. The Morgan fingerprint density at radius 1 is 1.25 bits per heavy atom. The Bertz CT molecular complexity index is 141. The van der Waals surface area contributed by atoms with Crippen LogP contribution in [0.25, 0.3) is 0 Å². The second-order valence-corrected chi connectivity index (χ2v) is 3.14. The lowest BCUT2D eigenvalue weighted by Gasteiger charge is -2.19. The summed E-state index contributed by atoms with van der Waals surface area (Å²) in [5.74, 6) is -0.0862. The van der Waals surface area contributed by atoms with E-state index in [0.717, 1.165) is 13.1 Å². The van der Waals surface area contributed by atoms with E-state index in [9.17, 15) is 4.79 Å². The highest BCUT2D eigenvalue weighted by molar-refractivity contribution is 5.77. The number of rotatable bonds is 2. The maximum absolute atomic E-state index is 10.9. The summed E-state index contributed by atoms with van der Waals surface area (Å²) in [4.78, 5) is 10.9. The average molecular weight is 171 g/mol. The molecule has 0 aromatic rings. The molecule has 1 aliphatic rings. The molecule has 0 saturated carbocycles. The lowest BCUT2D eigenvalue weighted by Crippen LogP contribution is -2.45. The maximum atomic E-state index is 10.9. The van der Waals surface area contributed by atoms with Gasteiger partial charge in [0.05, 0.1) is 6.54 Å². The number of amides is 1. The molecule has 0 aromatic carbocycles. The molecule has 1 saturated heterocycles. The zero-order valence-corrected chi connectivity index (χ0v) is 7.38. The molecule has 1 rings (SSSR count). The van der Waals surface area contributed by atoms with Gasteiger partial charge in [0, 0.05) is 13.1 Å². The van der Waals surface area contributed by atoms with Crippen molar-refractivity contribution in [3.05, 3.63) is 0 Å². The van der Waals surface area contributed by atoms with Crippen LogP contribution in [0.2, 0.25) is 0 Å². The largest absolute Gasteiger partial charge is 0.322 e. The SMILES string of the molecule is NCC(=O)NN1CCCCCC1. The Labute approximate surface area is 73.1 Å². The van der Waals surface area contributed by atoms with Crippen molar-refractivity contribution in [2.24, 2.45) is 5.73 Å². The minimum Gasteiger partial charge on any atom is -0.322 e. The van der Waals surface area contributed by atoms with Crippen LogP contribution in [0.4, 0.5) is 0 Å². The molecule has 1 amide bonds. The predicted octanol–water partition coefficient (Wildman–Crippen LogP) is -0.148. The van der Waals surface area contributed by atoms with Gasteiger partial charge in [0.2, 0.25) is 5.91 Å². The Balaban J connectivity index is 2.24. The maximum Gasteiger partial charge on any atom is 0.248 e. The van der Waals surface area contributed by atoms with Gasteiger partial charge in [-0.15, -0.1) is 0 Å². The molecule has 0 unspecified atom stereocenters. The fourth-order valence-corrected chi connectivity index (χ4v) is 1.40. The first-order valence-corrected chi connectivity index (χ1v) is 4.57. The van der Waals surface area contributed by atoms with Crippen LogP contribution in [0.1, 0.15) is 25.7 Å². The van der Waals surface area contributed by atoms with E-state index in [-0.39, 0.29) is 12.5 Å². The van der Waals surface area contributed by atoms with Gasteiger partial charge in [0.15, 0.2) is 0 Å². The van der Waals surface area contributed by atoms with Crippen LogP contribution in [0, 0.1) is 0 Å². The Kier molecular flexibility index (Phi) is 4.04. The van der Waals surface area contributed by atoms with Crippen LogP contribution in [-0.2, 0) is 4.79 Å². The van der Waals surface area contributed by atoms with Gasteiger partial charge < -0.3 is 5.73 Å². The van der Waals surface area contributed by atoms with Gasteiger partial charge in [-0.25, -0.2) is 5.01 Å². The fraction of sp³-hybridized carbons (Fsp3) is 0.875. The molecule has 12 heavy (non-hydrogen) atoms. The summed E-state index contributed by atoms with van der Waals surface area (Å²) >= 11 is 0. The number of carbonyl (C=O) groups is 1. The van der Waals surface area contributed by atoms with Crippen molar-refractivity contribution in [3.63, 3.8) is 0 Å². The van der Waals surface area contributed by atoms with E-state index < -0.39 is 0 Å². The molecule has 0 bridgehead atoms. The zero-order valence-electron chi connectivity index (χ0n) is 7.38. The number of nitrogens with zero attached hydrogens (tertiary/aromatic N) is 1. The van der Waals surface area contributed by atoms with Gasteiger partial charge in [-0.05, 0) is 12.8 Å². The van der Waals surface area contributed by atoms with Gasteiger partial charge in [-0.3, -0.25) is 10.2 Å². The van der Waals surface area contributed by atoms with E-state index in [1.165, 1.54) is 25.7 Å². The van der Waals surface area contributed by atoms with E-state index in [4.69, 9.17) is 5.73 Å². The van der Waals surface area contributed by atoms with Crippen molar-refractivity contribution in [2.45, 2.75) is 25.7 Å². The van der Waals surface area contributed by atoms with Gasteiger partial charge in [0.1, 0.15) is 0 Å². The lowest BCUT2D eigenvalue weighted by atomic mass is 10.2.